The first-order valence-electron chi connectivity index (χ1n) is 6.08. The smallest absolute Gasteiger partial charge is 0.408 e. The minimum atomic E-state index is -0.543. The highest BCUT2D eigenvalue weighted by Gasteiger charge is 2.26. The normalized spacial score (nSPS) is 25.8. The number of carbonyl (C=O) groups is 2. The zero-order valence-electron chi connectivity index (χ0n) is 11.0. The molecule has 0 unspecified atom stereocenters. The first-order chi connectivity index (χ1) is 7.78. The Morgan fingerprint density at radius 3 is 2.65 bits per heavy atom. The molecule has 0 radical (unpaired) electrons. The average Bonchev–Trinajstić information content (AvgIpc) is 2.25. The Balaban J connectivity index is 2.50. The first-order valence-corrected chi connectivity index (χ1v) is 6.08. The summed E-state index contributed by atoms with van der Waals surface area (Å²) in [5.41, 5.74) is -0.543. The molecule has 0 aliphatic carbocycles. The monoisotopic (exact) mass is 242 g/mol. The quantitative estimate of drug-likeness (QED) is 0.733. The van der Waals surface area contributed by atoms with Crippen LogP contribution in [0.1, 0.15) is 47.0 Å². The number of rotatable bonds is 1. The van der Waals surface area contributed by atoms with Gasteiger partial charge in [-0.15, -0.1) is 0 Å². The fraction of sp³-hybridized carbons (Fsp3) is 0.833. The van der Waals surface area contributed by atoms with Gasteiger partial charge in [0.1, 0.15) is 11.6 Å². The highest BCUT2D eigenvalue weighted by atomic mass is 16.6. The Morgan fingerprint density at radius 2 is 2.06 bits per heavy atom. The maximum atomic E-state index is 11.7. The molecular weight excluding hydrogens is 220 g/mol. The van der Waals surface area contributed by atoms with Crippen molar-refractivity contribution in [2.75, 3.05) is 0 Å². The Hall–Kier alpha value is -1.26. The number of alkyl carbamates (subject to hydrolysis) is 1. The lowest BCUT2D eigenvalue weighted by atomic mass is 10.1. The fourth-order valence-corrected chi connectivity index (χ4v) is 1.76. The fourth-order valence-electron chi connectivity index (χ4n) is 1.76. The second kappa shape index (κ2) is 5.38. The number of amides is 2. The second-order valence-electron chi connectivity index (χ2n) is 5.54. The van der Waals surface area contributed by atoms with Crippen LogP contribution in [0.5, 0.6) is 0 Å². The maximum absolute atomic E-state index is 11.7. The summed E-state index contributed by atoms with van der Waals surface area (Å²) in [5.74, 6) is -0.124. The summed E-state index contributed by atoms with van der Waals surface area (Å²) >= 11 is 0. The molecule has 0 bridgehead atoms. The van der Waals surface area contributed by atoms with Crippen LogP contribution in [-0.2, 0) is 9.53 Å². The number of hydrogen-bond donors (Lipinski definition) is 2. The predicted molar refractivity (Wildman–Crippen MR) is 64.6 cm³/mol. The van der Waals surface area contributed by atoms with Gasteiger partial charge in [-0.1, -0.05) is 0 Å². The van der Waals surface area contributed by atoms with Crippen LogP contribution in [-0.4, -0.2) is 29.7 Å². The van der Waals surface area contributed by atoms with Gasteiger partial charge in [0.25, 0.3) is 0 Å². The molecule has 2 N–H and O–H groups in total. The molecule has 1 heterocycles. The molecule has 17 heavy (non-hydrogen) atoms. The van der Waals surface area contributed by atoms with Gasteiger partial charge in [-0.25, -0.2) is 4.79 Å². The third kappa shape index (κ3) is 5.06. The zero-order chi connectivity index (χ0) is 13.1. The molecule has 0 aromatic rings. The van der Waals surface area contributed by atoms with E-state index in [1.165, 1.54) is 0 Å². The van der Waals surface area contributed by atoms with Gasteiger partial charge >= 0.3 is 6.09 Å². The van der Waals surface area contributed by atoms with Gasteiger partial charge in [0, 0.05) is 6.04 Å². The SMILES string of the molecule is C[C@H]1CCC[C@H](NC(=O)OC(C)(C)C)C(=O)N1. The molecule has 5 nitrogen and oxygen atoms in total. The summed E-state index contributed by atoms with van der Waals surface area (Å²) in [7, 11) is 0. The molecule has 0 spiro atoms. The van der Waals surface area contributed by atoms with Crippen LogP contribution in [0.15, 0.2) is 0 Å². The van der Waals surface area contributed by atoms with E-state index in [2.05, 4.69) is 10.6 Å². The molecule has 0 saturated carbocycles. The van der Waals surface area contributed by atoms with Gasteiger partial charge in [0.2, 0.25) is 5.91 Å². The van der Waals surface area contributed by atoms with Crippen molar-refractivity contribution in [1.29, 1.82) is 0 Å². The van der Waals surface area contributed by atoms with Gasteiger partial charge < -0.3 is 15.4 Å². The van der Waals surface area contributed by atoms with Crippen molar-refractivity contribution in [2.45, 2.75) is 64.6 Å². The van der Waals surface area contributed by atoms with Gasteiger partial charge in [-0.3, -0.25) is 4.79 Å². The summed E-state index contributed by atoms with van der Waals surface area (Å²) in [5, 5.41) is 5.46. The molecule has 5 heteroatoms. The van der Waals surface area contributed by atoms with Crippen LogP contribution in [0.25, 0.3) is 0 Å². The molecule has 1 aliphatic rings. The third-order valence-electron chi connectivity index (χ3n) is 2.53. The standard InChI is InChI=1S/C12H22N2O3/c1-8-6-5-7-9(10(15)13-8)14-11(16)17-12(2,3)4/h8-9H,5-7H2,1-4H3,(H,13,15)(H,14,16)/t8-,9-/m0/s1. The summed E-state index contributed by atoms with van der Waals surface area (Å²) in [6.45, 7) is 7.35. The molecule has 1 fully saturated rings. The number of hydrogen-bond acceptors (Lipinski definition) is 3. The van der Waals surface area contributed by atoms with Crippen molar-refractivity contribution in [2.24, 2.45) is 0 Å². The number of ether oxygens (including phenoxy) is 1. The Morgan fingerprint density at radius 1 is 1.41 bits per heavy atom. The zero-order valence-corrected chi connectivity index (χ0v) is 11.0. The summed E-state index contributed by atoms with van der Waals surface area (Å²) < 4.78 is 5.13. The van der Waals surface area contributed by atoms with Crippen molar-refractivity contribution in [3.8, 4) is 0 Å². The lowest BCUT2D eigenvalue weighted by molar-refractivity contribution is -0.123. The Labute approximate surface area is 102 Å². The third-order valence-corrected chi connectivity index (χ3v) is 2.53. The van der Waals surface area contributed by atoms with Crippen molar-refractivity contribution in [1.82, 2.24) is 10.6 Å². The molecule has 98 valence electrons. The van der Waals surface area contributed by atoms with Crippen molar-refractivity contribution < 1.29 is 14.3 Å². The highest BCUT2D eigenvalue weighted by molar-refractivity contribution is 5.86. The molecule has 1 saturated heterocycles. The van der Waals surface area contributed by atoms with E-state index in [-0.39, 0.29) is 11.9 Å². The Bertz CT molecular complexity index is 297. The number of carbonyl (C=O) groups excluding carboxylic acids is 2. The van der Waals surface area contributed by atoms with Crippen molar-refractivity contribution in [3.63, 3.8) is 0 Å². The molecular formula is C12H22N2O3. The number of nitrogens with one attached hydrogen (secondary N) is 2. The van der Waals surface area contributed by atoms with E-state index in [1.54, 1.807) is 20.8 Å². The highest BCUT2D eigenvalue weighted by Crippen LogP contribution is 2.11. The Kier molecular flexibility index (Phi) is 4.37. The van der Waals surface area contributed by atoms with Gasteiger partial charge in [0.15, 0.2) is 0 Å². The van der Waals surface area contributed by atoms with Crippen molar-refractivity contribution >= 4 is 12.0 Å². The van der Waals surface area contributed by atoms with Crippen LogP contribution in [0.4, 0.5) is 4.79 Å². The van der Waals surface area contributed by atoms with E-state index in [9.17, 15) is 9.59 Å². The van der Waals surface area contributed by atoms with E-state index in [0.717, 1.165) is 12.8 Å². The van der Waals surface area contributed by atoms with Crippen LogP contribution in [0, 0.1) is 0 Å². The second-order valence-corrected chi connectivity index (χ2v) is 5.54. The lowest BCUT2D eigenvalue weighted by Gasteiger charge is -2.22. The molecule has 2 atom stereocenters. The van der Waals surface area contributed by atoms with E-state index < -0.39 is 17.7 Å². The van der Waals surface area contributed by atoms with Crippen LogP contribution >= 0.6 is 0 Å². The summed E-state index contributed by atoms with van der Waals surface area (Å²) in [6, 6.07) is -0.303. The van der Waals surface area contributed by atoms with E-state index >= 15 is 0 Å². The lowest BCUT2D eigenvalue weighted by Crippen LogP contribution is -2.48. The van der Waals surface area contributed by atoms with Crippen molar-refractivity contribution in [3.05, 3.63) is 0 Å². The van der Waals surface area contributed by atoms with E-state index in [0.29, 0.717) is 6.42 Å². The molecule has 1 aliphatic heterocycles. The van der Waals surface area contributed by atoms with E-state index in [1.807, 2.05) is 6.92 Å². The maximum Gasteiger partial charge on any atom is 0.408 e. The average molecular weight is 242 g/mol. The van der Waals surface area contributed by atoms with Gasteiger partial charge in [-0.05, 0) is 47.0 Å². The molecule has 1 rings (SSSR count). The summed E-state index contributed by atoms with van der Waals surface area (Å²) in [4.78, 5) is 23.3. The topological polar surface area (TPSA) is 67.4 Å². The first kappa shape index (κ1) is 13.8. The van der Waals surface area contributed by atoms with Gasteiger partial charge in [-0.2, -0.15) is 0 Å². The van der Waals surface area contributed by atoms with Gasteiger partial charge in [0.05, 0.1) is 0 Å². The molecule has 0 aromatic carbocycles. The van der Waals surface area contributed by atoms with Crippen LogP contribution < -0.4 is 10.6 Å². The summed E-state index contributed by atoms with van der Waals surface area (Å²) in [6.07, 6.45) is 1.99. The predicted octanol–water partition coefficient (Wildman–Crippen LogP) is 1.57. The molecule has 0 aromatic heterocycles. The minimum absolute atomic E-state index is 0.124. The van der Waals surface area contributed by atoms with E-state index in [4.69, 9.17) is 4.74 Å². The molecule has 2 amide bonds. The minimum Gasteiger partial charge on any atom is -0.444 e. The van der Waals surface area contributed by atoms with Crippen LogP contribution in [0.2, 0.25) is 0 Å². The largest absolute Gasteiger partial charge is 0.444 e. The van der Waals surface area contributed by atoms with Crippen LogP contribution in [0.3, 0.4) is 0 Å².